The summed E-state index contributed by atoms with van der Waals surface area (Å²) in [5, 5.41) is 10.2. The second-order valence-electron chi connectivity index (χ2n) is 11.9. The number of nitrogens with one attached hydrogen (secondary N) is 1. The van der Waals surface area contributed by atoms with Crippen LogP contribution in [0.5, 0.6) is 5.75 Å². The Morgan fingerprint density at radius 3 is 2.52 bits per heavy atom. The minimum absolute atomic E-state index is 0.0917. The molecule has 12 heteroatoms. The quantitative estimate of drug-likeness (QED) is 0.364. The van der Waals surface area contributed by atoms with Gasteiger partial charge in [-0.1, -0.05) is 25.1 Å². The van der Waals surface area contributed by atoms with Crippen LogP contribution in [0, 0.1) is 5.92 Å². The molecule has 0 fully saturated rings. The maximum atomic E-state index is 14.3. The number of aliphatic hydroxyl groups excluding tert-OH is 1. The smallest absolute Gasteiger partial charge is 0.261 e. The van der Waals surface area contributed by atoms with Crippen LogP contribution in [-0.2, 0) is 14.8 Å². The van der Waals surface area contributed by atoms with Crippen molar-refractivity contribution in [3.05, 3.63) is 84.2 Å². The average molecular weight is 653 g/mol. The summed E-state index contributed by atoms with van der Waals surface area (Å²) < 4.78 is 41.3. The number of sulfonamides is 1. The van der Waals surface area contributed by atoms with E-state index in [0.717, 1.165) is 12.8 Å². The lowest BCUT2D eigenvalue weighted by molar-refractivity contribution is -0.0149. The van der Waals surface area contributed by atoms with Gasteiger partial charge in [0.1, 0.15) is 5.75 Å². The number of hydrogen-bond donors (Lipinski definition) is 2. The monoisotopic (exact) mass is 652 g/mol. The van der Waals surface area contributed by atoms with Crippen LogP contribution in [0.15, 0.2) is 78.0 Å². The van der Waals surface area contributed by atoms with Crippen molar-refractivity contribution in [1.82, 2.24) is 14.8 Å². The number of carbonyl (C=O) groups is 2. The molecule has 0 radical (unpaired) electrons. The Hall–Kier alpha value is -4.00. The number of ether oxygens (including phenoxy) is 2. The van der Waals surface area contributed by atoms with E-state index >= 15 is 0 Å². The van der Waals surface area contributed by atoms with Gasteiger partial charge in [0.25, 0.3) is 21.8 Å². The molecule has 3 aromatic rings. The molecule has 1 aliphatic rings. The van der Waals surface area contributed by atoms with E-state index in [1.165, 1.54) is 18.2 Å². The molecule has 2 amide bonds. The van der Waals surface area contributed by atoms with E-state index < -0.39 is 28.1 Å². The number of anilines is 1. The number of hydrogen-bond acceptors (Lipinski definition) is 8. The largest absolute Gasteiger partial charge is 0.490 e. The molecular weight excluding hydrogens is 608 g/mol. The van der Waals surface area contributed by atoms with Crippen LogP contribution in [0.1, 0.15) is 60.7 Å². The predicted molar refractivity (Wildman–Crippen MR) is 175 cm³/mol. The zero-order chi connectivity index (χ0) is 33.3. The summed E-state index contributed by atoms with van der Waals surface area (Å²) in [6, 6.07) is 15.4. The molecule has 11 nitrogen and oxygen atoms in total. The molecular formula is C34H44N4O7S. The van der Waals surface area contributed by atoms with E-state index in [2.05, 4.69) is 9.71 Å². The Bertz CT molecular complexity index is 1560. The highest BCUT2D eigenvalue weighted by atomic mass is 32.2. The van der Waals surface area contributed by atoms with Crippen molar-refractivity contribution in [2.24, 2.45) is 5.92 Å². The summed E-state index contributed by atoms with van der Waals surface area (Å²) in [5.41, 5.74) is 0.892. The summed E-state index contributed by atoms with van der Waals surface area (Å²) in [7, 11) is -2.20. The highest BCUT2D eigenvalue weighted by molar-refractivity contribution is 7.92. The fourth-order valence-corrected chi connectivity index (χ4v) is 6.40. The highest BCUT2D eigenvalue weighted by Crippen LogP contribution is 2.29. The van der Waals surface area contributed by atoms with E-state index in [1.807, 2.05) is 13.8 Å². The zero-order valence-electron chi connectivity index (χ0n) is 26.8. The highest BCUT2D eigenvalue weighted by Gasteiger charge is 2.31. The molecule has 0 saturated carbocycles. The first-order valence-corrected chi connectivity index (χ1v) is 17.1. The first kappa shape index (κ1) is 34.9. The lowest BCUT2D eigenvalue weighted by Gasteiger charge is -2.36. The van der Waals surface area contributed by atoms with Gasteiger partial charge in [-0.25, -0.2) is 8.42 Å². The molecule has 0 bridgehead atoms. The summed E-state index contributed by atoms with van der Waals surface area (Å²) in [4.78, 5) is 34.7. The summed E-state index contributed by atoms with van der Waals surface area (Å²) in [6.07, 6.45) is 4.81. The van der Waals surface area contributed by atoms with Crippen molar-refractivity contribution in [3.63, 3.8) is 0 Å². The molecule has 4 atom stereocenters. The maximum absolute atomic E-state index is 14.3. The number of carbonyl (C=O) groups excluding carboxylic acids is 2. The van der Waals surface area contributed by atoms with Crippen molar-refractivity contribution in [2.45, 2.75) is 63.2 Å². The Morgan fingerprint density at radius 1 is 1.11 bits per heavy atom. The molecule has 2 aromatic carbocycles. The molecule has 1 aromatic heterocycles. The zero-order valence-corrected chi connectivity index (χ0v) is 27.7. The average Bonchev–Trinajstić information content (AvgIpc) is 3.06. The number of aliphatic hydroxyl groups is 1. The molecule has 0 unspecified atom stereocenters. The van der Waals surface area contributed by atoms with Crippen LogP contribution in [-0.4, -0.2) is 91.7 Å². The first-order chi connectivity index (χ1) is 22.0. The summed E-state index contributed by atoms with van der Waals surface area (Å²) in [5.74, 6) is -0.500. The number of fused-ring (bicyclic) bond motifs is 1. The van der Waals surface area contributed by atoms with Gasteiger partial charge in [0.05, 0.1) is 35.3 Å². The van der Waals surface area contributed by atoms with Gasteiger partial charge >= 0.3 is 0 Å². The van der Waals surface area contributed by atoms with E-state index in [0.29, 0.717) is 30.9 Å². The van der Waals surface area contributed by atoms with Crippen LogP contribution in [0.3, 0.4) is 0 Å². The molecule has 46 heavy (non-hydrogen) atoms. The fourth-order valence-electron chi connectivity index (χ4n) is 5.33. The Morgan fingerprint density at radius 2 is 1.83 bits per heavy atom. The number of aromatic nitrogens is 1. The SMILES string of the molecule is C[C@H](CO)N1C[C@H](C)[C@@H](CN(C)C(=O)c2ccncc2)OCCCC[C@H](C)Oc2ccc(NS(=O)(=O)c3ccccc3)cc2C1=O. The van der Waals surface area contributed by atoms with Gasteiger partial charge < -0.3 is 24.4 Å². The number of pyridine rings is 1. The number of likely N-dealkylation sites (N-methyl/N-ethyl adjacent to an activating group) is 1. The standard InChI is InChI=1S/C34H44N4O7S/c1-24-21-38(25(2)23-39)34(41)30-20-28(36-46(42,43)29-11-6-5-7-12-29)13-14-31(30)45-26(3)10-8-9-19-44-32(24)22-37(4)33(40)27-15-17-35-18-16-27/h5-7,11-18,20,24-26,32,36,39H,8-10,19,21-23H2,1-4H3/t24-,25+,26-,32+/m0/s1. The minimum Gasteiger partial charge on any atom is -0.490 e. The van der Waals surface area contributed by atoms with Gasteiger partial charge in [-0.3, -0.25) is 19.3 Å². The molecule has 248 valence electrons. The second kappa shape index (κ2) is 16.0. The lowest BCUT2D eigenvalue weighted by Crippen LogP contribution is -2.48. The Balaban J connectivity index is 1.66. The number of amides is 2. The minimum atomic E-state index is -3.91. The van der Waals surface area contributed by atoms with Gasteiger partial charge in [0.2, 0.25) is 0 Å². The molecule has 4 rings (SSSR count). The van der Waals surface area contributed by atoms with Gasteiger partial charge in [0.15, 0.2) is 0 Å². The van der Waals surface area contributed by atoms with E-state index in [4.69, 9.17) is 9.47 Å². The van der Waals surface area contributed by atoms with Gasteiger partial charge in [-0.15, -0.1) is 0 Å². The van der Waals surface area contributed by atoms with Gasteiger partial charge in [-0.05, 0) is 75.6 Å². The van der Waals surface area contributed by atoms with Crippen LogP contribution < -0.4 is 9.46 Å². The molecule has 2 N–H and O–H groups in total. The van der Waals surface area contributed by atoms with Crippen molar-refractivity contribution < 1.29 is 32.6 Å². The number of nitrogens with zero attached hydrogens (tertiary/aromatic N) is 3. The normalized spacial score (nSPS) is 20.5. The van der Waals surface area contributed by atoms with Crippen molar-refractivity contribution in [2.75, 3.05) is 38.1 Å². The molecule has 2 heterocycles. The molecule has 0 aliphatic carbocycles. The Labute approximate surface area is 271 Å². The maximum Gasteiger partial charge on any atom is 0.261 e. The molecule has 0 saturated heterocycles. The fraction of sp³-hybridized carbons (Fsp3) is 0.441. The third kappa shape index (κ3) is 9.05. The van der Waals surface area contributed by atoms with E-state index in [1.54, 1.807) is 78.6 Å². The van der Waals surface area contributed by atoms with Crippen LogP contribution in [0.4, 0.5) is 5.69 Å². The van der Waals surface area contributed by atoms with Crippen molar-refractivity contribution in [3.8, 4) is 5.75 Å². The number of rotatable bonds is 8. The summed E-state index contributed by atoms with van der Waals surface area (Å²) in [6.45, 7) is 6.30. The van der Waals surface area contributed by atoms with Gasteiger partial charge in [-0.2, -0.15) is 0 Å². The van der Waals surface area contributed by atoms with Crippen LogP contribution in [0.25, 0.3) is 0 Å². The molecule has 0 spiro atoms. The van der Waals surface area contributed by atoms with Crippen molar-refractivity contribution in [1.29, 1.82) is 0 Å². The van der Waals surface area contributed by atoms with Gasteiger partial charge in [0, 0.05) is 56.3 Å². The topological polar surface area (TPSA) is 138 Å². The van der Waals surface area contributed by atoms with Crippen LogP contribution >= 0.6 is 0 Å². The predicted octanol–water partition coefficient (Wildman–Crippen LogP) is 4.45. The third-order valence-electron chi connectivity index (χ3n) is 8.09. The van der Waals surface area contributed by atoms with E-state index in [-0.39, 0.29) is 47.2 Å². The van der Waals surface area contributed by atoms with Crippen LogP contribution in [0.2, 0.25) is 0 Å². The third-order valence-corrected chi connectivity index (χ3v) is 9.48. The second-order valence-corrected chi connectivity index (χ2v) is 13.5. The Kier molecular flexibility index (Phi) is 12.1. The summed E-state index contributed by atoms with van der Waals surface area (Å²) >= 11 is 0. The lowest BCUT2D eigenvalue weighted by atomic mass is 10.0. The van der Waals surface area contributed by atoms with Crippen molar-refractivity contribution >= 4 is 27.5 Å². The first-order valence-electron chi connectivity index (χ1n) is 15.6. The molecule has 1 aliphatic heterocycles. The number of benzene rings is 2. The van der Waals surface area contributed by atoms with E-state index in [9.17, 15) is 23.1 Å².